The van der Waals surface area contributed by atoms with Gasteiger partial charge in [0.1, 0.15) is 66.5 Å². The van der Waals surface area contributed by atoms with Crippen molar-refractivity contribution in [1.82, 2.24) is 73.6 Å². The SMILES string of the molecule is C#CC[C@@H]1NC(=O)CNC(=O)[C@@H]2CCCN2C(=O)[C@H](CC#C)NC(=O)[C@H](CCCCNC(=O)[C@H](Cc2ccccc2)NC(=O)[C@@H](NC(=O)[C@@H](NC(=O)[C@@H](N)CS)[C@@H](C)O)[C@@H](C)CC)NC(=O)[C@H](CC#C)NC(=O)CNC(=O)[C@@H]2CCCN2C(=O)[C@H](CC#C)NC(=O)[C@H](C)NC1=O. The number of terminal acetylenes is 4. The second-order valence-electron chi connectivity index (χ2n) is 23.5. The molecule has 3 aliphatic rings. The molecule has 1 aromatic carbocycles. The lowest BCUT2D eigenvalue weighted by atomic mass is 9.96. The maximum atomic E-state index is 14.5. The molecule has 3 heterocycles. The number of rotatable bonds is 22. The lowest BCUT2D eigenvalue weighted by molar-refractivity contribution is -0.142. The Hall–Kier alpha value is -9.69. The van der Waals surface area contributed by atoms with Crippen LogP contribution in [0.15, 0.2) is 30.3 Å². The van der Waals surface area contributed by atoms with Gasteiger partial charge in [-0.25, -0.2) is 0 Å². The van der Waals surface area contributed by atoms with Crippen LogP contribution in [-0.2, 0) is 73.5 Å². The Morgan fingerprint density at radius 3 is 1.55 bits per heavy atom. The molecule has 30 nitrogen and oxygen atoms in total. The van der Waals surface area contributed by atoms with E-state index in [-0.39, 0.29) is 76.8 Å². The summed E-state index contributed by atoms with van der Waals surface area (Å²) in [5, 5.41) is 40.9. The topological polar surface area (TPSA) is 436 Å². The molecule has 14 amide bonds. The molecule has 0 unspecified atom stereocenters. The van der Waals surface area contributed by atoms with E-state index in [9.17, 15) is 72.2 Å². The minimum Gasteiger partial charge on any atom is -0.391 e. The monoisotopic (exact) mass is 1350 g/mol. The summed E-state index contributed by atoms with van der Waals surface area (Å²) in [6.45, 7) is 4.55. The smallest absolute Gasteiger partial charge is 0.246 e. The zero-order valence-corrected chi connectivity index (χ0v) is 55.2. The van der Waals surface area contributed by atoms with Crippen molar-refractivity contribution in [2.45, 2.75) is 190 Å². The van der Waals surface area contributed by atoms with Crippen LogP contribution in [-0.4, -0.2) is 215 Å². The first-order valence-electron chi connectivity index (χ1n) is 31.7. The van der Waals surface area contributed by atoms with Crippen LogP contribution in [0.1, 0.15) is 110 Å². The fourth-order valence-corrected chi connectivity index (χ4v) is 10.8. The number of carbonyl (C=O) groups is 14. The van der Waals surface area contributed by atoms with Gasteiger partial charge >= 0.3 is 0 Å². The van der Waals surface area contributed by atoms with Crippen molar-refractivity contribution in [1.29, 1.82) is 0 Å². The summed E-state index contributed by atoms with van der Waals surface area (Å²) in [6, 6.07) is -7.49. The number of nitrogens with zero attached hydrogens (tertiary/aromatic N) is 2. The van der Waals surface area contributed by atoms with Crippen LogP contribution >= 0.6 is 12.6 Å². The molecule has 96 heavy (non-hydrogen) atoms. The highest BCUT2D eigenvalue weighted by molar-refractivity contribution is 7.80. The molecule has 4 rings (SSSR count). The Balaban J connectivity index is 1.63. The van der Waals surface area contributed by atoms with Gasteiger partial charge in [-0.1, -0.05) is 50.6 Å². The van der Waals surface area contributed by atoms with Gasteiger partial charge in [-0.3, -0.25) is 67.1 Å². The first-order chi connectivity index (χ1) is 45.7. The normalized spacial score (nSPS) is 24.0. The maximum absolute atomic E-state index is 14.5. The molecule has 3 fully saturated rings. The summed E-state index contributed by atoms with van der Waals surface area (Å²) in [5.74, 6) is -3.07. The van der Waals surface area contributed by atoms with Gasteiger partial charge in [0.05, 0.1) is 25.2 Å². The summed E-state index contributed by atoms with van der Waals surface area (Å²) in [6.07, 6.45) is 20.7. The van der Waals surface area contributed by atoms with Crippen LogP contribution in [0.5, 0.6) is 0 Å². The van der Waals surface area contributed by atoms with Crippen LogP contribution in [0.2, 0.25) is 0 Å². The molecular formula is C65H89N15O15S. The van der Waals surface area contributed by atoms with Crippen molar-refractivity contribution in [3.8, 4) is 49.4 Å². The van der Waals surface area contributed by atoms with Crippen LogP contribution in [0, 0.1) is 55.3 Å². The highest BCUT2D eigenvalue weighted by atomic mass is 32.1. The summed E-state index contributed by atoms with van der Waals surface area (Å²) in [5.41, 5.74) is 6.43. The van der Waals surface area contributed by atoms with Gasteiger partial charge < -0.3 is 84.4 Å². The van der Waals surface area contributed by atoms with Crippen molar-refractivity contribution in [3.63, 3.8) is 0 Å². The van der Waals surface area contributed by atoms with Gasteiger partial charge in [0.2, 0.25) is 82.7 Å². The van der Waals surface area contributed by atoms with Gasteiger partial charge in [0, 0.05) is 57.5 Å². The second kappa shape index (κ2) is 39.9. The van der Waals surface area contributed by atoms with Crippen molar-refractivity contribution in [2.75, 3.05) is 38.5 Å². The lowest BCUT2D eigenvalue weighted by Crippen LogP contribution is -2.61. The molecule has 0 aliphatic carbocycles. The minimum absolute atomic E-state index is 0.00985. The Kier molecular flexibility index (Phi) is 32.7. The number of aliphatic hydroxyl groups is 1. The van der Waals surface area contributed by atoms with Crippen LogP contribution in [0.3, 0.4) is 0 Å². The van der Waals surface area contributed by atoms with E-state index in [2.05, 4.69) is 100 Å². The first kappa shape index (κ1) is 78.8. The molecule has 0 spiro atoms. The van der Waals surface area contributed by atoms with Crippen molar-refractivity contribution in [3.05, 3.63) is 35.9 Å². The maximum Gasteiger partial charge on any atom is 0.246 e. The average molecular weight is 1350 g/mol. The molecule has 14 atom stereocenters. The van der Waals surface area contributed by atoms with Gasteiger partial charge in [0.25, 0.3) is 0 Å². The largest absolute Gasteiger partial charge is 0.391 e. The number of fused-ring (bicyclic) bond motifs is 2. The predicted octanol–water partition coefficient (Wildman–Crippen LogP) is -5.10. The number of amides is 14. The number of unbranched alkanes of at least 4 members (excludes halogenated alkanes) is 1. The number of carbonyl (C=O) groups excluding carboxylic acids is 14. The number of nitrogens with two attached hydrogens (primary N) is 1. The molecule has 31 heteroatoms. The molecule has 0 bridgehead atoms. The Morgan fingerprint density at radius 2 is 1.06 bits per heavy atom. The Labute approximate surface area is 564 Å². The molecule has 3 saturated heterocycles. The Bertz CT molecular complexity index is 3160. The fraction of sp³-hybridized carbons (Fsp3) is 0.569. The predicted molar refractivity (Wildman–Crippen MR) is 352 cm³/mol. The van der Waals surface area contributed by atoms with E-state index in [4.69, 9.17) is 31.4 Å². The number of hydrogen-bond donors (Lipinski definition) is 15. The van der Waals surface area contributed by atoms with E-state index in [1.165, 1.54) is 23.6 Å². The zero-order chi connectivity index (χ0) is 71.2. The average Bonchev–Trinajstić information content (AvgIpc) is 1.64. The van der Waals surface area contributed by atoms with Gasteiger partial charge in [-0.2, -0.15) is 12.6 Å². The molecule has 15 N–H and O–H groups in total. The third-order valence-electron chi connectivity index (χ3n) is 16.3. The fourth-order valence-electron chi connectivity index (χ4n) is 10.7. The van der Waals surface area contributed by atoms with Gasteiger partial charge in [-0.05, 0) is 70.3 Å². The van der Waals surface area contributed by atoms with Gasteiger partial charge in [0.15, 0.2) is 0 Å². The number of thiol groups is 1. The molecule has 1 aromatic rings. The summed E-state index contributed by atoms with van der Waals surface area (Å²) >= 11 is 4.02. The minimum atomic E-state index is -1.54. The first-order valence-corrected chi connectivity index (χ1v) is 32.3. The van der Waals surface area contributed by atoms with Crippen molar-refractivity contribution >= 4 is 95.3 Å². The van der Waals surface area contributed by atoms with E-state index in [1.54, 1.807) is 44.2 Å². The van der Waals surface area contributed by atoms with E-state index in [0.717, 1.165) is 0 Å². The molecule has 520 valence electrons. The van der Waals surface area contributed by atoms with Crippen LogP contribution < -0.4 is 69.5 Å². The summed E-state index contributed by atoms with van der Waals surface area (Å²) in [4.78, 5) is 195. The molecule has 3 aliphatic heterocycles. The lowest BCUT2D eigenvalue weighted by Gasteiger charge is -2.30. The Morgan fingerprint density at radius 1 is 0.604 bits per heavy atom. The zero-order valence-electron chi connectivity index (χ0n) is 54.3. The summed E-state index contributed by atoms with van der Waals surface area (Å²) in [7, 11) is 0. The third-order valence-corrected chi connectivity index (χ3v) is 16.6. The van der Waals surface area contributed by atoms with Crippen LogP contribution in [0.25, 0.3) is 0 Å². The second-order valence-corrected chi connectivity index (χ2v) is 23.9. The van der Waals surface area contributed by atoms with Crippen LogP contribution in [0.4, 0.5) is 0 Å². The molecule has 0 saturated carbocycles. The number of benzene rings is 1. The van der Waals surface area contributed by atoms with E-state index in [0.29, 0.717) is 24.8 Å². The van der Waals surface area contributed by atoms with Crippen molar-refractivity contribution < 1.29 is 72.2 Å². The number of nitrogens with one attached hydrogen (secondary N) is 12. The standard InChI is InChI=1S/C65H89N15O15S/c1-9-21-42-57(87)70-38(7)54(84)74-45(23-11-3)64(94)79-31-19-28-48(79)60(90)69-35-51(83)72-43(22-10-2)58(88)73-44(59(89)75-46(24-12-4)65(95)80-32-20-29-49(80)61(91)68-34-50(82)71-42)27-17-18-30-67-56(86)47(33-40-25-15-14-16-26-40)76-62(92)52(37(6)13-5)77-63(93)53(39(8)81)78-55(85)41(66)36-96/h1-4,14-16,25-26,37-39,41-49,52-53,81,96H,13,17-24,27-36,66H2,5-8H3,(H,67,86)(H,68,91)(H,69,90)(H,70,87)(H,71,82)(H,72,83)(H,73,88)(H,74,84)(H,75,89)(H,76,92)(H,77,93)(H,78,85)/t37-,38-,39+,41-,42-,43-,44-,45-,46-,47-,48-,49-,52-,53-/m0/s1. The molecule has 0 aromatic heterocycles. The van der Waals surface area contributed by atoms with Crippen molar-refractivity contribution in [2.24, 2.45) is 11.7 Å². The third kappa shape index (κ3) is 23.9. The number of hydrogen-bond acceptors (Lipinski definition) is 17. The van der Waals surface area contributed by atoms with E-state index in [1.807, 2.05) is 0 Å². The molecule has 0 radical (unpaired) electrons. The molecular weight excluding hydrogens is 1260 g/mol. The van der Waals surface area contributed by atoms with Gasteiger partial charge in [-0.15, -0.1) is 49.4 Å². The highest BCUT2D eigenvalue weighted by Gasteiger charge is 2.42. The summed E-state index contributed by atoms with van der Waals surface area (Å²) < 4.78 is 0. The highest BCUT2D eigenvalue weighted by Crippen LogP contribution is 2.22. The quantitative estimate of drug-likeness (QED) is 0.0293. The van der Waals surface area contributed by atoms with E-state index < -0.39 is 193 Å². The number of aliphatic hydroxyl groups excluding tert-OH is 1. The van der Waals surface area contributed by atoms with E-state index >= 15 is 0 Å².